The molecule has 3 aromatic rings. The van der Waals surface area contributed by atoms with Crippen molar-refractivity contribution in [1.82, 2.24) is 24.4 Å². The minimum absolute atomic E-state index is 0.0763. The summed E-state index contributed by atoms with van der Waals surface area (Å²) in [6.07, 6.45) is 6.64. The zero-order chi connectivity index (χ0) is 20.4. The molecule has 11 heteroatoms. The Hall–Kier alpha value is -3.53. The topological polar surface area (TPSA) is 110 Å². The first-order chi connectivity index (χ1) is 14.0. The minimum atomic E-state index is -0.543. The van der Waals surface area contributed by atoms with Crippen molar-refractivity contribution in [3.05, 3.63) is 70.0 Å². The van der Waals surface area contributed by atoms with Gasteiger partial charge in [-0.2, -0.15) is 0 Å². The normalized spacial score (nSPS) is 14.1. The summed E-state index contributed by atoms with van der Waals surface area (Å²) in [6.45, 7) is 2.15. The lowest BCUT2D eigenvalue weighted by atomic mass is 10.1. The van der Waals surface area contributed by atoms with E-state index >= 15 is 0 Å². The highest BCUT2D eigenvalue weighted by Crippen LogP contribution is 2.24. The molecule has 0 bridgehead atoms. The van der Waals surface area contributed by atoms with Crippen LogP contribution in [0.15, 0.2) is 49.3 Å². The second-order valence-corrected chi connectivity index (χ2v) is 6.81. The maximum absolute atomic E-state index is 12.8. The first-order valence-electron chi connectivity index (χ1n) is 8.81. The fourth-order valence-electron chi connectivity index (χ4n) is 3.15. The van der Waals surface area contributed by atoms with Gasteiger partial charge in [0, 0.05) is 56.8 Å². The third-order valence-electron chi connectivity index (χ3n) is 4.69. The molecule has 0 spiro atoms. The van der Waals surface area contributed by atoms with Crippen LogP contribution < -0.4 is 4.90 Å². The van der Waals surface area contributed by atoms with Crippen LogP contribution in [0.1, 0.15) is 10.4 Å². The number of nitro benzene ring substituents is 1. The largest absolute Gasteiger partial charge is 0.353 e. The number of anilines is 1. The third-order valence-corrected chi connectivity index (χ3v) is 5.00. The molecule has 1 aliphatic heterocycles. The van der Waals surface area contributed by atoms with E-state index in [2.05, 4.69) is 19.9 Å². The molecule has 10 nitrogen and oxygen atoms in total. The fourth-order valence-corrected chi connectivity index (χ4v) is 3.40. The zero-order valence-corrected chi connectivity index (χ0v) is 15.9. The summed E-state index contributed by atoms with van der Waals surface area (Å²) in [7, 11) is 0. The number of hydrogen-bond acceptors (Lipinski definition) is 7. The van der Waals surface area contributed by atoms with E-state index in [1.807, 2.05) is 6.07 Å². The molecular formula is C18H16ClN7O3. The lowest BCUT2D eigenvalue weighted by Gasteiger charge is -2.35. The number of halogens is 1. The number of non-ortho nitro benzene ring substituents is 1. The molecular weight excluding hydrogens is 398 g/mol. The summed E-state index contributed by atoms with van der Waals surface area (Å²) in [6, 6.07) is 5.75. The lowest BCUT2D eigenvalue weighted by molar-refractivity contribution is -0.384. The molecule has 0 unspecified atom stereocenters. The van der Waals surface area contributed by atoms with Gasteiger partial charge in [0.05, 0.1) is 15.5 Å². The van der Waals surface area contributed by atoms with Crippen molar-refractivity contribution in [2.24, 2.45) is 0 Å². The number of amides is 1. The van der Waals surface area contributed by atoms with Gasteiger partial charge in [0.15, 0.2) is 0 Å². The van der Waals surface area contributed by atoms with Gasteiger partial charge in [0.25, 0.3) is 11.6 Å². The summed E-state index contributed by atoms with van der Waals surface area (Å²) in [4.78, 5) is 39.4. The van der Waals surface area contributed by atoms with Gasteiger partial charge >= 0.3 is 0 Å². The van der Waals surface area contributed by atoms with E-state index in [0.717, 1.165) is 5.82 Å². The number of piperazine rings is 1. The maximum atomic E-state index is 12.8. The van der Waals surface area contributed by atoms with Gasteiger partial charge in [0.1, 0.15) is 24.3 Å². The molecule has 148 valence electrons. The Bertz CT molecular complexity index is 1050. The van der Waals surface area contributed by atoms with Crippen molar-refractivity contribution < 1.29 is 9.72 Å². The van der Waals surface area contributed by atoms with Crippen molar-refractivity contribution in [3.8, 4) is 5.82 Å². The van der Waals surface area contributed by atoms with Crippen molar-refractivity contribution in [1.29, 1.82) is 0 Å². The number of hydrogen-bond donors (Lipinski definition) is 0. The van der Waals surface area contributed by atoms with Gasteiger partial charge in [-0.3, -0.25) is 19.5 Å². The SMILES string of the molecule is O=C(c1ccc([N+](=O)[O-])cc1Cl)N1CCN(c2cc(-n3ccnc3)ncn2)CC1. The summed E-state index contributed by atoms with van der Waals surface area (Å²) >= 11 is 6.09. The Morgan fingerprint density at radius 3 is 2.52 bits per heavy atom. The quantitative estimate of drug-likeness (QED) is 0.476. The molecule has 1 aliphatic rings. The summed E-state index contributed by atoms with van der Waals surface area (Å²) < 4.78 is 1.79. The Balaban J connectivity index is 1.44. The maximum Gasteiger partial charge on any atom is 0.270 e. The Labute approximate surface area is 170 Å². The van der Waals surface area contributed by atoms with Crippen molar-refractivity contribution in [2.75, 3.05) is 31.1 Å². The molecule has 29 heavy (non-hydrogen) atoms. The van der Waals surface area contributed by atoms with Gasteiger partial charge in [-0.15, -0.1) is 0 Å². The van der Waals surface area contributed by atoms with Crippen molar-refractivity contribution in [3.63, 3.8) is 0 Å². The molecule has 0 N–H and O–H groups in total. The van der Waals surface area contributed by atoms with Crippen LogP contribution in [-0.2, 0) is 0 Å². The second kappa shape index (κ2) is 7.84. The van der Waals surface area contributed by atoms with E-state index in [1.54, 1.807) is 28.2 Å². The summed E-state index contributed by atoms with van der Waals surface area (Å²) in [5, 5.41) is 10.9. The molecule has 0 aliphatic carbocycles. The molecule has 0 atom stereocenters. The zero-order valence-electron chi connectivity index (χ0n) is 15.2. The predicted molar refractivity (Wildman–Crippen MR) is 105 cm³/mol. The van der Waals surface area contributed by atoms with Crippen LogP contribution in [0.25, 0.3) is 5.82 Å². The smallest absolute Gasteiger partial charge is 0.270 e. The van der Waals surface area contributed by atoms with E-state index in [-0.39, 0.29) is 22.2 Å². The molecule has 1 saturated heterocycles. The highest BCUT2D eigenvalue weighted by molar-refractivity contribution is 6.34. The monoisotopic (exact) mass is 413 g/mol. The highest BCUT2D eigenvalue weighted by atomic mass is 35.5. The molecule has 1 aromatic carbocycles. The Morgan fingerprint density at radius 1 is 1.10 bits per heavy atom. The highest BCUT2D eigenvalue weighted by Gasteiger charge is 2.25. The van der Waals surface area contributed by atoms with Gasteiger partial charge < -0.3 is 9.80 Å². The van der Waals surface area contributed by atoms with Crippen LogP contribution >= 0.6 is 11.6 Å². The van der Waals surface area contributed by atoms with E-state index < -0.39 is 4.92 Å². The molecule has 4 rings (SSSR count). The minimum Gasteiger partial charge on any atom is -0.353 e. The Morgan fingerprint density at radius 2 is 1.86 bits per heavy atom. The fraction of sp³-hybridized carbons (Fsp3) is 0.222. The van der Waals surface area contributed by atoms with Gasteiger partial charge in [-0.1, -0.05) is 11.6 Å². The number of carbonyl (C=O) groups excluding carboxylic acids is 1. The molecule has 3 heterocycles. The summed E-state index contributed by atoms with van der Waals surface area (Å²) in [5.74, 6) is 1.24. The van der Waals surface area contributed by atoms with Gasteiger partial charge in [-0.25, -0.2) is 15.0 Å². The van der Waals surface area contributed by atoms with Gasteiger partial charge in [0.2, 0.25) is 0 Å². The number of nitro groups is 1. The average molecular weight is 414 g/mol. The van der Waals surface area contributed by atoms with Gasteiger partial charge in [-0.05, 0) is 6.07 Å². The van der Waals surface area contributed by atoms with Crippen molar-refractivity contribution >= 4 is 29.0 Å². The van der Waals surface area contributed by atoms with Crippen LogP contribution in [0.2, 0.25) is 5.02 Å². The first-order valence-corrected chi connectivity index (χ1v) is 9.19. The van der Waals surface area contributed by atoms with E-state index in [1.165, 1.54) is 24.5 Å². The number of rotatable bonds is 4. The van der Waals surface area contributed by atoms with E-state index in [4.69, 9.17) is 11.6 Å². The summed E-state index contributed by atoms with van der Waals surface area (Å²) in [5.41, 5.74) is 0.115. The number of carbonyl (C=O) groups is 1. The molecule has 2 aromatic heterocycles. The van der Waals surface area contributed by atoms with Crippen molar-refractivity contribution in [2.45, 2.75) is 0 Å². The number of aromatic nitrogens is 4. The molecule has 0 radical (unpaired) electrons. The van der Waals surface area contributed by atoms with Crippen LogP contribution in [0.5, 0.6) is 0 Å². The molecule has 0 saturated carbocycles. The molecule has 1 fully saturated rings. The molecule has 1 amide bonds. The lowest BCUT2D eigenvalue weighted by Crippen LogP contribution is -2.49. The van der Waals surface area contributed by atoms with E-state index in [0.29, 0.717) is 32.0 Å². The number of nitrogens with zero attached hydrogens (tertiary/aromatic N) is 7. The van der Waals surface area contributed by atoms with Crippen LogP contribution in [-0.4, -0.2) is 61.4 Å². The first kappa shape index (κ1) is 18.8. The number of imidazole rings is 1. The Kier molecular flexibility index (Phi) is 5.09. The van der Waals surface area contributed by atoms with Crippen LogP contribution in [0, 0.1) is 10.1 Å². The van der Waals surface area contributed by atoms with Crippen LogP contribution in [0.4, 0.5) is 11.5 Å². The second-order valence-electron chi connectivity index (χ2n) is 6.40. The predicted octanol–water partition coefficient (Wildman–Crippen LogP) is 2.19. The standard InChI is InChI=1S/C18H16ClN7O3/c19-15-9-13(26(28)29)1-2-14(15)18(27)24-7-5-23(6-8-24)16-10-17(22-11-21-16)25-4-3-20-12-25/h1-4,9-12H,5-8H2. The third kappa shape index (κ3) is 3.87. The number of benzene rings is 1. The average Bonchev–Trinajstić information content (AvgIpc) is 3.28. The van der Waals surface area contributed by atoms with E-state index in [9.17, 15) is 14.9 Å². The van der Waals surface area contributed by atoms with Crippen LogP contribution in [0.3, 0.4) is 0 Å².